The summed E-state index contributed by atoms with van der Waals surface area (Å²) in [5.74, 6) is -3.59. The number of hydrogen-bond acceptors (Lipinski definition) is 12. The molecule has 3 fully saturated rings. The summed E-state index contributed by atoms with van der Waals surface area (Å²) in [5, 5.41) is 34.9. The fraction of sp³-hybridized carbons (Fsp3) is 0.627. The Morgan fingerprint density at radius 1 is 0.771 bits per heavy atom. The van der Waals surface area contributed by atoms with Crippen LogP contribution in [-0.4, -0.2) is 143 Å². The minimum absolute atomic E-state index is 0.0551. The van der Waals surface area contributed by atoms with Crippen molar-refractivity contribution in [2.24, 2.45) is 11.5 Å². The number of phenols is 1. The molecule has 7 amide bonds. The fourth-order valence-electron chi connectivity index (χ4n) is 9.31. The standard InChI is InChI=1S/C51H77N9O10/c1-3-4-5-6-7-12-30-70-38-24-20-35(21-25-38)45(63)55-39-14-9-11-28-54-48(66)43-31-36(53)32-60(43)50(68)41(15-8-10-27-52)57-46(64)40(26-19-34-17-22-37(62)23-18-34)56-49(67)42-16-13-29-59(42)51(69)44(33(2)61)58-47(39)65/h17-18,20-25,33,36,39-44,61-62H,3-16,19,26-32,52-53H2,1-2H3,(H,54,66)(H,55,63)(H,56,67)(H,57,64)(H,58,65)/t33?,36?,39-,40-,41-,42-,43-,44-/m0/s1. The zero-order valence-corrected chi connectivity index (χ0v) is 41.0. The maximum atomic E-state index is 14.4. The lowest BCUT2D eigenvalue weighted by molar-refractivity contribution is -0.145. The summed E-state index contributed by atoms with van der Waals surface area (Å²) in [4.78, 5) is 102. The quantitative estimate of drug-likeness (QED) is 0.0971. The third-order valence-electron chi connectivity index (χ3n) is 13.4. The van der Waals surface area contributed by atoms with Crippen LogP contribution in [0.5, 0.6) is 11.5 Å². The lowest BCUT2D eigenvalue weighted by atomic mass is 10.0. The van der Waals surface area contributed by atoms with E-state index in [9.17, 15) is 43.8 Å². The summed E-state index contributed by atoms with van der Waals surface area (Å²) < 4.78 is 5.89. The number of aliphatic hydroxyl groups excluding tert-OH is 1. The zero-order valence-electron chi connectivity index (χ0n) is 41.0. The van der Waals surface area contributed by atoms with Gasteiger partial charge in [0, 0.05) is 31.2 Å². The van der Waals surface area contributed by atoms with Crippen molar-refractivity contribution in [2.75, 3.05) is 32.8 Å². The molecule has 0 aromatic heterocycles. The summed E-state index contributed by atoms with van der Waals surface area (Å²) in [6, 6.07) is 5.50. The molecule has 3 heterocycles. The largest absolute Gasteiger partial charge is 0.508 e. The molecule has 11 N–H and O–H groups in total. The molecule has 3 saturated heterocycles. The monoisotopic (exact) mass is 976 g/mol. The molecule has 8 atom stereocenters. The lowest BCUT2D eigenvalue weighted by Gasteiger charge is -2.32. The van der Waals surface area contributed by atoms with Crippen LogP contribution in [0.15, 0.2) is 48.5 Å². The van der Waals surface area contributed by atoms with E-state index in [0.29, 0.717) is 51.0 Å². The molecule has 3 aliphatic heterocycles. The SMILES string of the molecule is CCCCCCCCOc1ccc(C(=O)N[C@H]2CCCCNC(=O)[C@@H]3CC(N)CN3C(=O)[C@H](CCCCN)NC(=O)[C@H](CCc3ccc(O)cc3)NC(=O)[C@@H]3CCCN3C(=O)[C@H](C(C)O)NC2=O)cc1. The van der Waals surface area contributed by atoms with Crippen LogP contribution in [0.3, 0.4) is 0 Å². The van der Waals surface area contributed by atoms with E-state index in [1.807, 2.05) is 0 Å². The molecule has 2 aromatic rings. The number of nitrogens with two attached hydrogens (primary N) is 2. The molecule has 5 rings (SSSR count). The Labute approximate surface area is 411 Å². The van der Waals surface area contributed by atoms with Gasteiger partial charge in [-0.05, 0) is 132 Å². The average molecular weight is 976 g/mol. The number of phenolic OH excluding ortho intramolecular Hbond substituents is 1. The van der Waals surface area contributed by atoms with Crippen LogP contribution >= 0.6 is 0 Å². The minimum Gasteiger partial charge on any atom is -0.508 e. The summed E-state index contributed by atoms with van der Waals surface area (Å²) in [6.07, 6.45) is 8.57. The predicted octanol–water partition coefficient (Wildman–Crippen LogP) is 2.05. The Morgan fingerprint density at radius 2 is 1.49 bits per heavy atom. The van der Waals surface area contributed by atoms with Gasteiger partial charge in [0.1, 0.15) is 47.8 Å². The van der Waals surface area contributed by atoms with Crippen molar-refractivity contribution in [3.8, 4) is 11.5 Å². The van der Waals surface area contributed by atoms with E-state index in [2.05, 4.69) is 33.5 Å². The number of hydrogen-bond donors (Lipinski definition) is 9. The number of benzene rings is 2. The normalized spacial score (nSPS) is 24.8. The Bertz CT molecular complexity index is 2040. The number of carbonyl (C=O) groups excluding carboxylic acids is 7. The van der Waals surface area contributed by atoms with E-state index in [0.717, 1.165) is 24.8 Å². The van der Waals surface area contributed by atoms with Gasteiger partial charge in [0.2, 0.25) is 35.4 Å². The highest BCUT2D eigenvalue weighted by atomic mass is 16.5. The van der Waals surface area contributed by atoms with Gasteiger partial charge >= 0.3 is 0 Å². The van der Waals surface area contributed by atoms with Crippen LogP contribution in [0.25, 0.3) is 0 Å². The Kier molecular flexibility index (Phi) is 22.2. The molecule has 0 aliphatic carbocycles. The number of nitrogens with one attached hydrogen (secondary N) is 5. The van der Waals surface area contributed by atoms with Crippen LogP contribution in [0.4, 0.5) is 0 Å². The van der Waals surface area contributed by atoms with Gasteiger partial charge in [-0.2, -0.15) is 0 Å². The Morgan fingerprint density at radius 3 is 2.20 bits per heavy atom. The number of nitrogens with zero attached hydrogens (tertiary/aromatic N) is 2. The van der Waals surface area contributed by atoms with E-state index in [-0.39, 0.29) is 69.5 Å². The summed E-state index contributed by atoms with van der Waals surface area (Å²) in [5.41, 5.74) is 13.2. The van der Waals surface area contributed by atoms with E-state index < -0.39 is 89.7 Å². The smallest absolute Gasteiger partial charge is 0.251 e. The van der Waals surface area contributed by atoms with Crippen molar-refractivity contribution in [1.29, 1.82) is 0 Å². The number of unbranched alkanes of at least 4 members (excludes halogenated alkanes) is 6. The summed E-state index contributed by atoms with van der Waals surface area (Å²) in [6.45, 7) is 4.79. The minimum atomic E-state index is -1.50. The highest BCUT2D eigenvalue weighted by Crippen LogP contribution is 2.23. The van der Waals surface area contributed by atoms with Crippen LogP contribution < -0.4 is 42.8 Å². The molecule has 0 saturated carbocycles. The maximum Gasteiger partial charge on any atom is 0.251 e. The number of ether oxygens (including phenoxy) is 1. The second-order valence-electron chi connectivity index (χ2n) is 19.0. The molecule has 70 heavy (non-hydrogen) atoms. The van der Waals surface area contributed by atoms with Crippen molar-refractivity contribution in [3.63, 3.8) is 0 Å². The second kappa shape index (κ2) is 28.2. The van der Waals surface area contributed by atoms with Crippen molar-refractivity contribution in [2.45, 2.75) is 171 Å². The molecular weight excluding hydrogens is 899 g/mol. The Hall–Kier alpha value is -5.79. The van der Waals surface area contributed by atoms with Gasteiger partial charge in [0.25, 0.3) is 5.91 Å². The van der Waals surface area contributed by atoms with E-state index >= 15 is 0 Å². The maximum absolute atomic E-state index is 14.4. The number of aryl methyl sites for hydroxylation is 1. The Balaban J connectivity index is 1.40. The fourth-order valence-corrected chi connectivity index (χ4v) is 9.31. The number of aromatic hydroxyl groups is 1. The first-order valence-electron chi connectivity index (χ1n) is 25.5. The molecule has 0 radical (unpaired) electrons. The summed E-state index contributed by atoms with van der Waals surface area (Å²) >= 11 is 0. The van der Waals surface area contributed by atoms with E-state index in [1.165, 1.54) is 48.1 Å². The van der Waals surface area contributed by atoms with E-state index in [1.54, 1.807) is 36.4 Å². The predicted molar refractivity (Wildman–Crippen MR) is 263 cm³/mol. The molecule has 0 bridgehead atoms. The zero-order chi connectivity index (χ0) is 50.6. The second-order valence-corrected chi connectivity index (χ2v) is 19.0. The molecule has 2 aromatic carbocycles. The van der Waals surface area contributed by atoms with Crippen LogP contribution in [0.1, 0.15) is 133 Å². The first-order chi connectivity index (χ1) is 33.7. The number of amides is 7. The van der Waals surface area contributed by atoms with E-state index in [4.69, 9.17) is 16.2 Å². The number of rotatable bonds is 18. The first-order valence-corrected chi connectivity index (χ1v) is 25.5. The van der Waals surface area contributed by atoms with Crippen molar-refractivity contribution < 1.29 is 48.5 Å². The van der Waals surface area contributed by atoms with Gasteiger partial charge in [-0.25, -0.2) is 0 Å². The van der Waals surface area contributed by atoms with Crippen LogP contribution in [0, 0.1) is 0 Å². The molecule has 2 unspecified atom stereocenters. The number of carbonyl (C=O) groups is 7. The van der Waals surface area contributed by atoms with Crippen LogP contribution in [0.2, 0.25) is 0 Å². The topological polar surface area (TPSA) is 288 Å². The van der Waals surface area contributed by atoms with Gasteiger partial charge in [-0.3, -0.25) is 33.6 Å². The highest BCUT2D eigenvalue weighted by Gasteiger charge is 2.43. The van der Waals surface area contributed by atoms with Gasteiger partial charge in [0.15, 0.2) is 0 Å². The van der Waals surface area contributed by atoms with Gasteiger partial charge in [-0.15, -0.1) is 0 Å². The van der Waals surface area contributed by atoms with Gasteiger partial charge < -0.3 is 62.8 Å². The van der Waals surface area contributed by atoms with Gasteiger partial charge in [-0.1, -0.05) is 51.2 Å². The molecule has 19 nitrogen and oxygen atoms in total. The molecule has 19 heteroatoms. The number of fused-ring (bicyclic) bond motifs is 2. The van der Waals surface area contributed by atoms with Crippen LogP contribution in [-0.2, 0) is 35.2 Å². The van der Waals surface area contributed by atoms with Crippen molar-refractivity contribution in [1.82, 2.24) is 36.4 Å². The molecule has 3 aliphatic rings. The average Bonchev–Trinajstić information content (AvgIpc) is 4.01. The highest BCUT2D eigenvalue weighted by molar-refractivity contribution is 6.00. The third kappa shape index (κ3) is 16.4. The molecule has 0 spiro atoms. The third-order valence-corrected chi connectivity index (χ3v) is 13.4. The summed E-state index contributed by atoms with van der Waals surface area (Å²) in [7, 11) is 0. The van der Waals surface area contributed by atoms with Crippen molar-refractivity contribution in [3.05, 3.63) is 59.7 Å². The molecular formula is C51H77N9O10. The first kappa shape index (κ1) is 55.1. The lowest BCUT2D eigenvalue weighted by Crippen LogP contribution is -2.61. The number of aliphatic hydroxyl groups is 1. The van der Waals surface area contributed by atoms with Crippen molar-refractivity contribution >= 4 is 41.4 Å². The van der Waals surface area contributed by atoms with Gasteiger partial charge in [0.05, 0.1) is 12.7 Å². The molecule has 386 valence electrons.